The molecule has 0 aliphatic heterocycles. The van der Waals surface area contributed by atoms with Crippen molar-refractivity contribution in [2.24, 2.45) is 5.73 Å². The molecule has 0 atom stereocenters. The lowest BCUT2D eigenvalue weighted by Crippen LogP contribution is -2.21. The fraction of sp³-hybridized carbons (Fsp3) is 0.364. The number of hydrogen-bond donors (Lipinski definition) is 2. The summed E-state index contributed by atoms with van der Waals surface area (Å²) in [4.78, 5) is 2.07. The summed E-state index contributed by atoms with van der Waals surface area (Å²) in [5.41, 5.74) is 6.76. The van der Waals surface area contributed by atoms with Gasteiger partial charge in [-0.25, -0.2) is 4.39 Å². The minimum absolute atomic E-state index is 0.0889. The lowest BCUT2D eigenvalue weighted by atomic mass is 10.1. The molecule has 1 aromatic carbocycles. The molecule has 0 saturated carbocycles. The van der Waals surface area contributed by atoms with E-state index < -0.39 is 0 Å². The van der Waals surface area contributed by atoms with Crippen molar-refractivity contribution in [1.82, 2.24) is 4.90 Å². The van der Waals surface area contributed by atoms with Crippen molar-refractivity contribution in [2.75, 3.05) is 13.6 Å². The molecule has 0 fully saturated rings. The molecule has 15 heavy (non-hydrogen) atoms. The molecule has 0 radical (unpaired) electrons. The van der Waals surface area contributed by atoms with Crippen molar-refractivity contribution in [2.45, 2.75) is 13.5 Å². The van der Waals surface area contributed by atoms with Gasteiger partial charge in [0.05, 0.1) is 0 Å². The Morgan fingerprint density at radius 1 is 1.53 bits per heavy atom. The predicted octanol–water partition coefficient (Wildman–Crippen LogP) is 1.56. The van der Waals surface area contributed by atoms with Crippen LogP contribution in [0.15, 0.2) is 18.2 Å². The van der Waals surface area contributed by atoms with E-state index in [1.165, 1.54) is 12.1 Å². The van der Waals surface area contributed by atoms with Crippen molar-refractivity contribution >= 4 is 5.84 Å². The van der Waals surface area contributed by atoms with Crippen molar-refractivity contribution < 1.29 is 4.39 Å². The third-order valence-corrected chi connectivity index (χ3v) is 2.34. The number of benzene rings is 1. The highest BCUT2D eigenvalue weighted by molar-refractivity contribution is 5.96. The van der Waals surface area contributed by atoms with Gasteiger partial charge in [-0.05, 0) is 31.3 Å². The summed E-state index contributed by atoms with van der Waals surface area (Å²) in [6, 6.07) is 4.38. The molecule has 0 aliphatic rings. The minimum atomic E-state index is -0.358. The first-order valence-electron chi connectivity index (χ1n) is 4.86. The van der Waals surface area contributed by atoms with Gasteiger partial charge >= 0.3 is 0 Å². The summed E-state index contributed by atoms with van der Waals surface area (Å²) in [6.07, 6.45) is 0. The quantitative estimate of drug-likeness (QED) is 0.584. The smallest absolute Gasteiger partial charge is 0.123 e. The number of hydrogen-bond acceptors (Lipinski definition) is 2. The van der Waals surface area contributed by atoms with E-state index in [2.05, 4.69) is 4.90 Å². The molecule has 0 spiro atoms. The van der Waals surface area contributed by atoms with Crippen molar-refractivity contribution in [3.8, 4) is 0 Å². The molecular weight excluding hydrogens is 193 g/mol. The highest BCUT2D eigenvalue weighted by atomic mass is 19.1. The molecule has 3 nitrogen and oxygen atoms in total. The molecule has 82 valence electrons. The average Bonchev–Trinajstić information content (AvgIpc) is 2.20. The molecule has 0 unspecified atom stereocenters. The number of nitrogens with two attached hydrogens (primary N) is 1. The molecular formula is C11H16FN3. The van der Waals surface area contributed by atoms with E-state index in [0.29, 0.717) is 12.1 Å². The second kappa shape index (κ2) is 4.89. The van der Waals surface area contributed by atoms with Gasteiger partial charge in [-0.1, -0.05) is 13.0 Å². The Bertz CT molecular complexity index is 363. The molecule has 0 amide bonds. The zero-order chi connectivity index (χ0) is 11.4. The molecule has 0 aromatic heterocycles. The predicted molar refractivity (Wildman–Crippen MR) is 59.4 cm³/mol. The van der Waals surface area contributed by atoms with E-state index in [1.807, 2.05) is 14.0 Å². The van der Waals surface area contributed by atoms with Gasteiger partial charge in [-0.2, -0.15) is 0 Å². The Labute approximate surface area is 89.2 Å². The molecule has 0 saturated heterocycles. The van der Waals surface area contributed by atoms with Gasteiger partial charge in [0, 0.05) is 12.1 Å². The Hall–Kier alpha value is -1.42. The molecule has 0 heterocycles. The number of halogens is 1. The second-order valence-corrected chi connectivity index (χ2v) is 3.55. The van der Waals surface area contributed by atoms with Crippen LogP contribution >= 0.6 is 0 Å². The maximum atomic E-state index is 13.0. The molecule has 0 bridgehead atoms. The highest BCUT2D eigenvalue weighted by Crippen LogP contribution is 2.12. The third kappa shape index (κ3) is 3.02. The van der Waals surface area contributed by atoms with E-state index in [9.17, 15) is 4.39 Å². The largest absolute Gasteiger partial charge is 0.384 e. The van der Waals surface area contributed by atoms with Crippen LogP contribution in [-0.2, 0) is 6.54 Å². The fourth-order valence-corrected chi connectivity index (χ4v) is 1.34. The first-order valence-corrected chi connectivity index (χ1v) is 4.86. The molecule has 4 heteroatoms. The molecule has 1 aromatic rings. The van der Waals surface area contributed by atoms with E-state index in [-0.39, 0.29) is 11.7 Å². The lowest BCUT2D eigenvalue weighted by Gasteiger charge is -2.16. The zero-order valence-electron chi connectivity index (χ0n) is 9.05. The Kier molecular flexibility index (Phi) is 3.80. The van der Waals surface area contributed by atoms with E-state index in [1.54, 1.807) is 6.07 Å². The van der Waals surface area contributed by atoms with Crippen LogP contribution in [0.5, 0.6) is 0 Å². The van der Waals surface area contributed by atoms with Crippen LogP contribution in [0.2, 0.25) is 0 Å². The van der Waals surface area contributed by atoms with Crippen molar-refractivity contribution in [3.05, 3.63) is 35.1 Å². The average molecular weight is 209 g/mol. The first-order chi connectivity index (χ1) is 7.04. The van der Waals surface area contributed by atoms with Crippen LogP contribution in [0.1, 0.15) is 18.1 Å². The van der Waals surface area contributed by atoms with Gasteiger partial charge in [0.15, 0.2) is 0 Å². The van der Waals surface area contributed by atoms with Gasteiger partial charge < -0.3 is 10.6 Å². The van der Waals surface area contributed by atoms with Gasteiger partial charge in [-0.3, -0.25) is 5.41 Å². The zero-order valence-corrected chi connectivity index (χ0v) is 9.05. The summed E-state index contributed by atoms with van der Waals surface area (Å²) in [7, 11) is 1.97. The standard InChI is InChI=1S/C11H16FN3/c1-3-15(2)7-8-4-5-9(12)6-10(8)11(13)14/h4-6H,3,7H2,1-2H3,(H3,13,14). The van der Waals surface area contributed by atoms with E-state index in [4.69, 9.17) is 11.1 Å². The number of nitrogen functional groups attached to an aromatic ring is 1. The van der Waals surface area contributed by atoms with E-state index >= 15 is 0 Å². The SMILES string of the molecule is CCN(C)Cc1ccc(F)cc1C(=N)N. The Morgan fingerprint density at radius 2 is 2.20 bits per heavy atom. The highest BCUT2D eigenvalue weighted by Gasteiger charge is 2.08. The van der Waals surface area contributed by atoms with Crippen LogP contribution < -0.4 is 5.73 Å². The molecule has 0 aliphatic carbocycles. The first kappa shape index (κ1) is 11.7. The topological polar surface area (TPSA) is 53.1 Å². The molecule has 3 N–H and O–H groups in total. The lowest BCUT2D eigenvalue weighted by molar-refractivity contribution is 0.345. The maximum Gasteiger partial charge on any atom is 0.123 e. The summed E-state index contributed by atoms with van der Waals surface area (Å²) in [5, 5.41) is 7.37. The van der Waals surface area contributed by atoms with Gasteiger partial charge in [0.1, 0.15) is 11.7 Å². The normalized spacial score (nSPS) is 10.7. The summed E-state index contributed by atoms with van der Waals surface area (Å²) >= 11 is 0. The van der Waals surface area contributed by atoms with Crippen LogP contribution in [0.4, 0.5) is 4.39 Å². The van der Waals surface area contributed by atoms with Crippen LogP contribution in [0.25, 0.3) is 0 Å². The number of rotatable bonds is 4. The third-order valence-electron chi connectivity index (χ3n) is 2.34. The fourth-order valence-electron chi connectivity index (χ4n) is 1.34. The monoisotopic (exact) mass is 209 g/mol. The van der Waals surface area contributed by atoms with Crippen molar-refractivity contribution in [1.29, 1.82) is 5.41 Å². The minimum Gasteiger partial charge on any atom is -0.384 e. The van der Waals surface area contributed by atoms with Crippen LogP contribution in [0, 0.1) is 11.2 Å². The summed E-state index contributed by atoms with van der Waals surface area (Å²) < 4.78 is 13.0. The van der Waals surface area contributed by atoms with E-state index in [0.717, 1.165) is 12.1 Å². The van der Waals surface area contributed by atoms with Crippen molar-refractivity contribution in [3.63, 3.8) is 0 Å². The number of amidine groups is 1. The van der Waals surface area contributed by atoms with Gasteiger partial charge in [0.25, 0.3) is 0 Å². The van der Waals surface area contributed by atoms with Crippen LogP contribution in [0.3, 0.4) is 0 Å². The Morgan fingerprint density at radius 3 is 2.73 bits per heavy atom. The second-order valence-electron chi connectivity index (χ2n) is 3.55. The van der Waals surface area contributed by atoms with Gasteiger partial charge in [0.2, 0.25) is 0 Å². The number of nitrogens with zero attached hydrogens (tertiary/aromatic N) is 1. The van der Waals surface area contributed by atoms with Gasteiger partial charge in [-0.15, -0.1) is 0 Å². The maximum absolute atomic E-state index is 13.0. The Balaban J connectivity index is 3.01. The molecule has 1 rings (SSSR count). The summed E-state index contributed by atoms with van der Waals surface area (Å²) in [6.45, 7) is 3.61. The summed E-state index contributed by atoms with van der Waals surface area (Å²) in [5.74, 6) is -0.447. The van der Waals surface area contributed by atoms with Crippen LogP contribution in [-0.4, -0.2) is 24.3 Å². The number of nitrogens with one attached hydrogen (secondary N) is 1.